The summed E-state index contributed by atoms with van der Waals surface area (Å²) in [6.45, 7) is 0. The molecule has 0 N–H and O–H groups in total. The van der Waals surface area contributed by atoms with Crippen LogP contribution in [0.2, 0.25) is 0 Å². The molecule has 0 fully saturated rings. The molecule has 0 atom stereocenters. The van der Waals surface area contributed by atoms with Crippen molar-refractivity contribution in [1.82, 2.24) is 0 Å². The van der Waals surface area contributed by atoms with E-state index in [0.717, 1.165) is 16.7 Å². The molecule has 0 aliphatic heterocycles. The topological polar surface area (TPSA) is 0 Å². The summed E-state index contributed by atoms with van der Waals surface area (Å²) in [5.74, 6) is -0.150. The van der Waals surface area contributed by atoms with E-state index in [-0.39, 0.29) is 5.82 Å². The smallest absolute Gasteiger partial charge is 0.127 e. The highest BCUT2D eigenvalue weighted by Crippen LogP contribution is 2.20. The molecule has 0 saturated carbocycles. The van der Waals surface area contributed by atoms with Gasteiger partial charge in [0, 0.05) is 6.42 Å². The van der Waals surface area contributed by atoms with E-state index in [2.05, 4.69) is 18.2 Å². The number of halogens is 1. The first kappa shape index (κ1) is 13.6. The van der Waals surface area contributed by atoms with Gasteiger partial charge in [-0.15, -0.1) is 0 Å². The maximum Gasteiger partial charge on any atom is 0.127 e. The molecule has 21 heavy (non-hydrogen) atoms. The maximum absolute atomic E-state index is 14.2. The van der Waals surface area contributed by atoms with Gasteiger partial charge >= 0.3 is 0 Å². The molecule has 0 aromatic heterocycles. The van der Waals surface area contributed by atoms with Crippen molar-refractivity contribution in [2.24, 2.45) is 0 Å². The number of hydrogen-bond donors (Lipinski definition) is 0. The Morgan fingerprint density at radius 3 is 1.90 bits per heavy atom. The molecular weight excluding hydrogens is 259 g/mol. The third-order valence-corrected chi connectivity index (χ3v) is 3.59. The molecule has 0 amide bonds. The zero-order valence-corrected chi connectivity index (χ0v) is 11.7. The van der Waals surface area contributed by atoms with E-state index >= 15 is 0 Å². The molecular formula is C20H16F. The van der Waals surface area contributed by atoms with Crippen molar-refractivity contribution >= 4 is 0 Å². The molecule has 3 rings (SSSR count). The molecule has 3 aromatic rings. The van der Waals surface area contributed by atoms with Gasteiger partial charge in [-0.1, -0.05) is 66.7 Å². The lowest BCUT2D eigenvalue weighted by Crippen LogP contribution is -2.01. The lowest BCUT2D eigenvalue weighted by Gasteiger charge is -2.11. The summed E-state index contributed by atoms with van der Waals surface area (Å²) in [7, 11) is 0. The average Bonchev–Trinajstić information content (AvgIpc) is 2.53. The average molecular weight is 275 g/mol. The quantitative estimate of drug-likeness (QED) is 0.641. The Labute approximate surface area is 124 Å². The fraction of sp³-hybridized carbons (Fsp3) is 0.100. The third-order valence-electron chi connectivity index (χ3n) is 3.59. The van der Waals surface area contributed by atoms with E-state index in [9.17, 15) is 4.39 Å². The molecule has 0 saturated heterocycles. The highest BCUT2D eigenvalue weighted by Gasteiger charge is 2.10. The predicted octanol–water partition coefficient (Wildman–Crippen LogP) is 4.81. The second kappa shape index (κ2) is 6.36. The Morgan fingerprint density at radius 2 is 1.29 bits per heavy atom. The normalized spacial score (nSPS) is 10.5. The van der Waals surface area contributed by atoms with Gasteiger partial charge in [0.05, 0.1) is 0 Å². The van der Waals surface area contributed by atoms with Crippen LogP contribution in [0.3, 0.4) is 0 Å². The minimum Gasteiger partial charge on any atom is -0.207 e. The number of hydrogen-bond acceptors (Lipinski definition) is 0. The van der Waals surface area contributed by atoms with Gasteiger partial charge in [-0.25, -0.2) is 4.39 Å². The first-order valence-electron chi connectivity index (χ1n) is 7.09. The van der Waals surface area contributed by atoms with Gasteiger partial charge in [0.15, 0.2) is 0 Å². The van der Waals surface area contributed by atoms with E-state index in [1.165, 1.54) is 11.6 Å². The summed E-state index contributed by atoms with van der Waals surface area (Å²) in [6.07, 6.45) is 1.31. The van der Waals surface area contributed by atoms with E-state index < -0.39 is 0 Å². The molecule has 0 nitrogen and oxygen atoms in total. The fourth-order valence-corrected chi connectivity index (χ4v) is 2.50. The number of benzene rings is 3. The van der Waals surface area contributed by atoms with Crippen LogP contribution in [-0.4, -0.2) is 0 Å². The van der Waals surface area contributed by atoms with Gasteiger partial charge in [0.2, 0.25) is 0 Å². The first-order chi connectivity index (χ1) is 10.3. The minimum atomic E-state index is -0.150. The highest BCUT2D eigenvalue weighted by atomic mass is 19.1. The van der Waals surface area contributed by atoms with Gasteiger partial charge in [-0.2, -0.15) is 0 Å². The predicted molar refractivity (Wildman–Crippen MR) is 83.7 cm³/mol. The lowest BCUT2D eigenvalue weighted by molar-refractivity contribution is 0.611. The Morgan fingerprint density at radius 1 is 0.714 bits per heavy atom. The van der Waals surface area contributed by atoms with Crippen molar-refractivity contribution in [1.29, 1.82) is 0 Å². The van der Waals surface area contributed by atoms with Gasteiger partial charge in [-0.05, 0) is 40.8 Å². The van der Waals surface area contributed by atoms with E-state index in [1.807, 2.05) is 48.5 Å². The maximum atomic E-state index is 14.2. The van der Waals surface area contributed by atoms with Crippen molar-refractivity contribution in [3.63, 3.8) is 0 Å². The SMILES string of the molecule is Fc1cc[c]c(Cc2ccccc2)c1Cc1ccccc1. The van der Waals surface area contributed by atoms with E-state index in [1.54, 1.807) is 6.07 Å². The highest BCUT2D eigenvalue weighted by molar-refractivity contribution is 5.36. The molecule has 0 unspecified atom stereocenters. The standard InChI is InChI=1S/C20H16F/c21-20-13-7-12-18(14-16-8-3-1-4-9-16)19(20)15-17-10-5-2-6-11-17/h1-11,13H,14-15H2. The first-order valence-corrected chi connectivity index (χ1v) is 7.09. The Bertz CT molecular complexity index is 702. The zero-order valence-electron chi connectivity index (χ0n) is 11.7. The summed E-state index contributed by atoms with van der Waals surface area (Å²) < 4.78 is 14.2. The van der Waals surface area contributed by atoms with E-state index in [0.29, 0.717) is 12.8 Å². The second-order valence-corrected chi connectivity index (χ2v) is 5.11. The molecule has 1 radical (unpaired) electrons. The Balaban J connectivity index is 1.92. The van der Waals surface area contributed by atoms with Gasteiger partial charge < -0.3 is 0 Å². The minimum absolute atomic E-state index is 0.150. The van der Waals surface area contributed by atoms with Crippen LogP contribution in [0.1, 0.15) is 22.3 Å². The molecule has 0 bridgehead atoms. The van der Waals surface area contributed by atoms with Crippen LogP contribution in [0.5, 0.6) is 0 Å². The molecule has 1 heteroatoms. The summed E-state index contributed by atoms with van der Waals surface area (Å²) in [6, 6.07) is 26.5. The molecule has 0 heterocycles. The summed E-state index contributed by atoms with van der Waals surface area (Å²) in [5, 5.41) is 0. The van der Waals surface area contributed by atoms with Crippen LogP contribution in [0.4, 0.5) is 4.39 Å². The van der Waals surface area contributed by atoms with Crippen molar-refractivity contribution < 1.29 is 4.39 Å². The molecule has 0 aliphatic carbocycles. The van der Waals surface area contributed by atoms with Crippen LogP contribution >= 0.6 is 0 Å². The van der Waals surface area contributed by atoms with Crippen molar-refractivity contribution in [3.8, 4) is 0 Å². The fourth-order valence-electron chi connectivity index (χ4n) is 2.50. The monoisotopic (exact) mass is 275 g/mol. The summed E-state index contributed by atoms with van der Waals surface area (Å²) in [5.41, 5.74) is 3.97. The zero-order chi connectivity index (χ0) is 14.5. The lowest BCUT2D eigenvalue weighted by atomic mass is 9.95. The number of rotatable bonds is 4. The second-order valence-electron chi connectivity index (χ2n) is 5.11. The van der Waals surface area contributed by atoms with Crippen LogP contribution in [0.25, 0.3) is 0 Å². The Hall–Kier alpha value is -2.41. The van der Waals surface area contributed by atoms with Crippen LogP contribution in [0.15, 0.2) is 72.8 Å². The molecule has 3 aromatic carbocycles. The van der Waals surface area contributed by atoms with Crippen molar-refractivity contribution in [3.05, 3.63) is 107 Å². The van der Waals surface area contributed by atoms with Crippen LogP contribution in [0, 0.1) is 11.9 Å². The van der Waals surface area contributed by atoms with Gasteiger partial charge in [0.25, 0.3) is 0 Å². The largest absolute Gasteiger partial charge is 0.207 e. The van der Waals surface area contributed by atoms with Crippen molar-refractivity contribution in [2.75, 3.05) is 0 Å². The van der Waals surface area contributed by atoms with Gasteiger partial charge in [-0.3, -0.25) is 0 Å². The molecule has 103 valence electrons. The van der Waals surface area contributed by atoms with Crippen molar-refractivity contribution in [2.45, 2.75) is 12.8 Å². The summed E-state index contributed by atoms with van der Waals surface area (Å²) >= 11 is 0. The molecule has 0 spiro atoms. The Kier molecular flexibility index (Phi) is 4.11. The summed E-state index contributed by atoms with van der Waals surface area (Å²) in [4.78, 5) is 0. The van der Waals surface area contributed by atoms with Gasteiger partial charge in [0.1, 0.15) is 5.82 Å². The van der Waals surface area contributed by atoms with E-state index in [4.69, 9.17) is 0 Å². The van der Waals surface area contributed by atoms with Crippen LogP contribution in [-0.2, 0) is 12.8 Å². The van der Waals surface area contributed by atoms with Crippen LogP contribution < -0.4 is 0 Å². The third kappa shape index (κ3) is 3.38. The molecule has 0 aliphatic rings.